The van der Waals surface area contributed by atoms with Gasteiger partial charge in [0.05, 0.1) is 10.6 Å². The lowest BCUT2D eigenvalue weighted by atomic mass is 10.2. The normalized spacial score (nSPS) is 10.8. The highest BCUT2D eigenvalue weighted by Crippen LogP contribution is 2.25. The molecule has 0 atom stereocenters. The molecule has 2 aromatic heterocycles. The van der Waals surface area contributed by atoms with E-state index in [0.29, 0.717) is 11.0 Å². The summed E-state index contributed by atoms with van der Waals surface area (Å²) in [4.78, 5) is 15.0. The van der Waals surface area contributed by atoms with Crippen LogP contribution in [0.4, 0.5) is 0 Å². The Morgan fingerprint density at radius 1 is 1.67 bits per heavy atom. The van der Waals surface area contributed by atoms with Crippen molar-refractivity contribution in [3.05, 3.63) is 29.0 Å². The Balaban J connectivity index is 2.75. The van der Waals surface area contributed by atoms with Crippen molar-refractivity contribution in [1.82, 2.24) is 9.55 Å². The molecule has 15 heavy (non-hydrogen) atoms. The number of halogens is 1. The molecule has 0 spiro atoms. The van der Waals surface area contributed by atoms with E-state index in [1.165, 1.54) is 10.8 Å². The molecule has 1 amide bonds. The molecule has 3 N–H and O–H groups in total. The number of carbonyl (C=O) groups excluding carboxylic acids is 1. The molecule has 5 nitrogen and oxygen atoms in total. The molecule has 0 aromatic carbocycles. The van der Waals surface area contributed by atoms with Gasteiger partial charge in [-0.2, -0.15) is 0 Å². The van der Waals surface area contributed by atoms with Crippen LogP contribution < -0.4 is 5.73 Å². The average Bonchev–Trinajstić information content (AvgIpc) is 2.61. The van der Waals surface area contributed by atoms with Gasteiger partial charge < -0.3 is 15.4 Å². The number of hydrogen-bond donors (Lipinski definition) is 2. The maximum Gasteiger partial charge on any atom is 0.251 e. The minimum Gasteiger partial charge on any atom is -0.376 e. The number of amides is 1. The third kappa shape index (κ3) is 1.45. The van der Waals surface area contributed by atoms with Gasteiger partial charge in [-0.05, 0) is 6.07 Å². The third-order valence-electron chi connectivity index (χ3n) is 2.14. The summed E-state index contributed by atoms with van der Waals surface area (Å²) >= 11 is 5.97. The highest BCUT2D eigenvalue weighted by Gasteiger charge is 2.13. The quantitative estimate of drug-likeness (QED) is 0.791. The van der Waals surface area contributed by atoms with E-state index in [9.17, 15) is 4.79 Å². The number of primary amides is 1. The zero-order valence-electron chi connectivity index (χ0n) is 7.64. The molecule has 6 heteroatoms. The molecule has 0 unspecified atom stereocenters. The highest BCUT2D eigenvalue weighted by atomic mass is 35.5. The van der Waals surface area contributed by atoms with Gasteiger partial charge in [-0.3, -0.25) is 4.79 Å². The van der Waals surface area contributed by atoms with Crippen LogP contribution in [0.3, 0.4) is 0 Å². The first-order valence-electron chi connectivity index (χ1n) is 4.19. The van der Waals surface area contributed by atoms with Crippen LogP contribution >= 0.6 is 11.6 Å². The van der Waals surface area contributed by atoms with Gasteiger partial charge >= 0.3 is 0 Å². The van der Waals surface area contributed by atoms with Crippen LogP contribution in [0, 0.1) is 0 Å². The summed E-state index contributed by atoms with van der Waals surface area (Å²) < 4.78 is 1.51. The van der Waals surface area contributed by atoms with Gasteiger partial charge in [0.25, 0.3) is 5.91 Å². The maximum atomic E-state index is 11.0. The monoisotopic (exact) mass is 225 g/mol. The lowest BCUT2D eigenvalue weighted by Crippen LogP contribution is -2.12. The molecule has 2 heterocycles. The zero-order chi connectivity index (χ0) is 11.0. The number of carbonyl (C=O) groups is 1. The predicted octanol–water partition coefficient (Wildman–Crippen LogP) is 0.738. The summed E-state index contributed by atoms with van der Waals surface area (Å²) in [5.74, 6) is -0.619. The molecule has 0 saturated carbocycles. The van der Waals surface area contributed by atoms with Gasteiger partial charge in [0.15, 0.2) is 0 Å². The van der Waals surface area contributed by atoms with Crippen molar-refractivity contribution >= 4 is 28.5 Å². The van der Waals surface area contributed by atoms with Crippen molar-refractivity contribution < 1.29 is 9.90 Å². The van der Waals surface area contributed by atoms with Crippen LogP contribution in [0.5, 0.6) is 0 Å². The van der Waals surface area contributed by atoms with Crippen molar-refractivity contribution in [2.75, 3.05) is 0 Å². The van der Waals surface area contributed by atoms with Crippen LogP contribution in [0.25, 0.3) is 11.0 Å². The Morgan fingerprint density at radius 2 is 2.40 bits per heavy atom. The highest BCUT2D eigenvalue weighted by molar-refractivity contribution is 6.38. The molecule has 0 aliphatic heterocycles. The van der Waals surface area contributed by atoms with E-state index in [4.69, 9.17) is 22.4 Å². The van der Waals surface area contributed by atoms with E-state index >= 15 is 0 Å². The molecule has 0 aliphatic rings. The van der Waals surface area contributed by atoms with E-state index in [-0.39, 0.29) is 17.3 Å². The topological polar surface area (TPSA) is 81.1 Å². The van der Waals surface area contributed by atoms with Gasteiger partial charge in [0.2, 0.25) is 0 Å². The van der Waals surface area contributed by atoms with Crippen molar-refractivity contribution in [2.45, 2.75) is 6.73 Å². The smallest absolute Gasteiger partial charge is 0.251 e. The van der Waals surface area contributed by atoms with E-state index in [2.05, 4.69) is 4.98 Å². The Labute approximate surface area is 90.1 Å². The lowest BCUT2D eigenvalue weighted by Gasteiger charge is -2.02. The standard InChI is InChI=1S/C9H8ClN3O2/c10-7-5-1-2-13(4-14)9(5)12-3-6(7)8(11)15/h1-3,14H,4H2,(H2,11,15). The fourth-order valence-electron chi connectivity index (χ4n) is 1.39. The molecule has 0 aliphatic carbocycles. The molecule has 0 bridgehead atoms. The minimum atomic E-state index is -0.619. The van der Waals surface area contributed by atoms with Gasteiger partial charge in [0, 0.05) is 17.8 Å². The van der Waals surface area contributed by atoms with E-state index in [0.717, 1.165) is 0 Å². The molecule has 78 valence electrons. The Kier molecular flexibility index (Phi) is 2.34. The van der Waals surface area contributed by atoms with Crippen molar-refractivity contribution in [2.24, 2.45) is 5.73 Å². The van der Waals surface area contributed by atoms with Gasteiger partial charge in [-0.25, -0.2) is 4.98 Å². The second-order valence-corrected chi connectivity index (χ2v) is 3.39. The Morgan fingerprint density at radius 3 is 3.00 bits per heavy atom. The average molecular weight is 226 g/mol. The number of nitrogens with two attached hydrogens (primary N) is 1. The van der Waals surface area contributed by atoms with Crippen LogP contribution in [-0.4, -0.2) is 20.6 Å². The molecular formula is C9H8ClN3O2. The first-order valence-corrected chi connectivity index (χ1v) is 4.57. The van der Waals surface area contributed by atoms with E-state index in [1.54, 1.807) is 12.3 Å². The largest absolute Gasteiger partial charge is 0.376 e. The van der Waals surface area contributed by atoms with Gasteiger partial charge in [0.1, 0.15) is 12.4 Å². The van der Waals surface area contributed by atoms with Gasteiger partial charge in [-0.1, -0.05) is 11.6 Å². The minimum absolute atomic E-state index is 0.180. The number of pyridine rings is 1. The number of aliphatic hydroxyl groups is 1. The van der Waals surface area contributed by atoms with Crippen molar-refractivity contribution in [3.63, 3.8) is 0 Å². The molecule has 0 fully saturated rings. The number of aromatic nitrogens is 2. The fourth-order valence-corrected chi connectivity index (χ4v) is 1.68. The molecule has 0 saturated heterocycles. The van der Waals surface area contributed by atoms with Crippen LogP contribution in [0.15, 0.2) is 18.5 Å². The third-order valence-corrected chi connectivity index (χ3v) is 2.55. The number of nitrogens with zero attached hydrogens (tertiary/aromatic N) is 2. The summed E-state index contributed by atoms with van der Waals surface area (Å²) in [6.07, 6.45) is 2.94. The summed E-state index contributed by atoms with van der Waals surface area (Å²) in [6.45, 7) is -0.192. The fraction of sp³-hybridized carbons (Fsp3) is 0.111. The summed E-state index contributed by atoms with van der Waals surface area (Å²) in [7, 11) is 0. The number of fused-ring (bicyclic) bond motifs is 1. The zero-order valence-corrected chi connectivity index (χ0v) is 8.40. The second-order valence-electron chi connectivity index (χ2n) is 3.01. The summed E-state index contributed by atoms with van der Waals surface area (Å²) in [5.41, 5.74) is 5.83. The molecule has 0 radical (unpaired) electrons. The van der Waals surface area contributed by atoms with Crippen LogP contribution in [0.2, 0.25) is 5.02 Å². The second kappa shape index (κ2) is 3.52. The summed E-state index contributed by atoms with van der Waals surface area (Å²) in [5, 5.41) is 9.84. The van der Waals surface area contributed by atoms with Crippen LogP contribution in [-0.2, 0) is 6.73 Å². The molecule has 2 rings (SSSR count). The predicted molar refractivity (Wildman–Crippen MR) is 55.5 cm³/mol. The molecular weight excluding hydrogens is 218 g/mol. The first-order chi connectivity index (χ1) is 7.15. The van der Waals surface area contributed by atoms with Gasteiger partial charge in [-0.15, -0.1) is 0 Å². The summed E-state index contributed by atoms with van der Waals surface area (Å²) in [6, 6.07) is 1.67. The SMILES string of the molecule is NC(=O)c1cnc2c(ccn2CO)c1Cl. The Bertz CT molecular complexity index is 535. The van der Waals surface area contributed by atoms with E-state index in [1.807, 2.05) is 0 Å². The van der Waals surface area contributed by atoms with Crippen LogP contribution in [0.1, 0.15) is 10.4 Å². The number of rotatable bonds is 2. The Hall–Kier alpha value is -1.59. The number of aliphatic hydroxyl groups excluding tert-OH is 1. The van der Waals surface area contributed by atoms with E-state index < -0.39 is 5.91 Å². The van der Waals surface area contributed by atoms with Crippen molar-refractivity contribution in [3.8, 4) is 0 Å². The molecule has 2 aromatic rings. The lowest BCUT2D eigenvalue weighted by molar-refractivity contribution is 0.100. The maximum absolute atomic E-state index is 11.0. The van der Waals surface area contributed by atoms with Crippen molar-refractivity contribution in [1.29, 1.82) is 0 Å². The first kappa shape index (κ1) is 9.95. The number of hydrogen-bond acceptors (Lipinski definition) is 3.